The Hall–Kier alpha value is -3.27. The van der Waals surface area contributed by atoms with E-state index in [1.165, 1.54) is 12.1 Å². The lowest BCUT2D eigenvalue weighted by Gasteiger charge is -2.37. The molecule has 4 atom stereocenters. The number of hydrogen-bond acceptors (Lipinski definition) is 6. The number of rotatable bonds is 5. The molecule has 3 aromatic heterocycles. The van der Waals surface area contributed by atoms with E-state index in [0.717, 1.165) is 24.0 Å². The van der Waals surface area contributed by atoms with Gasteiger partial charge in [-0.15, -0.1) is 0 Å². The summed E-state index contributed by atoms with van der Waals surface area (Å²) in [6, 6.07) is 7.44. The van der Waals surface area contributed by atoms with E-state index in [1.807, 2.05) is 19.2 Å². The molecule has 9 heteroatoms. The zero-order valence-corrected chi connectivity index (χ0v) is 21.2. The van der Waals surface area contributed by atoms with Crippen molar-refractivity contribution in [3.63, 3.8) is 0 Å². The van der Waals surface area contributed by atoms with Gasteiger partial charge in [0.15, 0.2) is 0 Å². The van der Waals surface area contributed by atoms with E-state index in [-0.39, 0.29) is 34.7 Å². The fourth-order valence-corrected chi connectivity index (χ4v) is 6.06. The third kappa shape index (κ3) is 4.28. The quantitative estimate of drug-likeness (QED) is 0.364. The molecular weight excluding hydrogens is 488 g/mol. The normalized spacial score (nSPS) is 24.9. The number of halogens is 2. The molecule has 1 aromatic carbocycles. The third-order valence-electron chi connectivity index (χ3n) is 8.44. The van der Waals surface area contributed by atoms with Gasteiger partial charge in [0, 0.05) is 24.9 Å². The minimum atomic E-state index is -1.16. The van der Waals surface area contributed by atoms with Gasteiger partial charge in [0.1, 0.15) is 17.5 Å². The summed E-state index contributed by atoms with van der Waals surface area (Å²) in [6.45, 7) is 2.02. The molecule has 7 nitrogen and oxygen atoms in total. The minimum Gasteiger partial charge on any atom is -0.391 e. The molecule has 3 heterocycles. The number of fused-ring (bicyclic) bond motifs is 1. The van der Waals surface area contributed by atoms with E-state index >= 15 is 8.78 Å². The molecular formula is C29H31F2N5O2. The largest absolute Gasteiger partial charge is 0.391 e. The number of nitrogens with zero attached hydrogens (tertiary/aromatic N) is 4. The van der Waals surface area contributed by atoms with Crippen LogP contribution in [0.15, 0.2) is 48.9 Å². The van der Waals surface area contributed by atoms with Gasteiger partial charge in [-0.2, -0.15) is 5.10 Å². The number of hydrogen-bond donors (Lipinski definition) is 3. The fraction of sp³-hybridized carbons (Fsp3) is 0.414. The maximum atomic E-state index is 15.2. The second kappa shape index (κ2) is 9.48. The van der Waals surface area contributed by atoms with Crippen LogP contribution in [0.4, 0.5) is 8.78 Å². The molecule has 0 amide bonds. The maximum Gasteiger partial charge on any atom is 0.136 e. The predicted molar refractivity (Wildman–Crippen MR) is 138 cm³/mol. The molecule has 2 aliphatic rings. The molecule has 2 fully saturated rings. The Morgan fingerprint density at radius 1 is 1.11 bits per heavy atom. The molecule has 198 valence electrons. The molecule has 0 saturated heterocycles. The smallest absolute Gasteiger partial charge is 0.136 e. The van der Waals surface area contributed by atoms with Crippen molar-refractivity contribution in [3.05, 3.63) is 83.1 Å². The number of pyridine rings is 1. The van der Waals surface area contributed by atoms with Crippen LogP contribution in [0.3, 0.4) is 0 Å². The second-order valence-electron chi connectivity index (χ2n) is 11.0. The standard InChI is InChI=1S/C29H31F2N5O2/c1-16-9-17(10-24(32)28(16)37)21-5-8-33-14-18(21)11-26-34-15-20-3-4-25(35-36(20)26)27-22(30)12-19(13-23(27)31)29(38)6-2-7-29/h3-5,8,12-17,24,28,37-38H,2,6-7,9-11,32H2,1H3/t16-,17+,24+,28+/m0/s1. The second-order valence-corrected chi connectivity index (χ2v) is 11.0. The average molecular weight is 520 g/mol. The van der Waals surface area contributed by atoms with E-state index in [0.29, 0.717) is 37.0 Å². The third-order valence-corrected chi connectivity index (χ3v) is 8.44. The average Bonchev–Trinajstić information content (AvgIpc) is 3.27. The van der Waals surface area contributed by atoms with Crippen LogP contribution in [0.25, 0.3) is 16.8 Å². The van der Waals surface area contributed by atoms with Gasteiger partial charge < -0.3 is 15.9 Å². The van der Waals surface area contributed by atoms with Crippen LogP contribution in [-0.4, -0.2) is 41.9 Å². The first-order valence-corrected chi connectivity index (χ1v) is 13.2. The van der Waals surface area contributed by atoms with Crippen LogP contribution >= 0.6 is 0 Å². The first kappa shape index (κ1) is 25.0. The highest BCUT2D eigenvalue weighted by atomic mass is 19.1. The van der Waals surface area contributed by atoms with Crippen molar-refractivity contribution < 1.29 is 19.0 Å². The summed E-state index contributed by atoms with van der Waals surface area (Å²) < 4.78 is 31.9. The van der Waals surface area contributed by atoms with E-state index in [1.54, 1.807) is 29.0 Å². The van der Waals surface area contributed by atoms with Crippen LogP contribution < -0.4 is 5.73 Å². The van der Waals surface area contributed by atoms with Crippen molar-refractivity contribution in [1.29, 1.82) is 0 Å². The molecule has 0 bridgehead atoms. The maximum absolute atomic E-state index is 15.2. The molecule has 0 aliphatic heterocycles. The fourth-order valence-electron chi connectivity index (χ4n) is 6.06. The summed E-state index contributed by atoms with van der Waals surface area (Å²) in [4.78, 5) is 8.88. The summed E-state index contributed by atoms with van der Waals surface area (Å²) in [5.74, 6) is -0.627. The van der Waals surface area contributed by atoms with E-state index < -0.39 is 23.3 Å². The Morgan fingerprint density at radius 3 is 2.55 bits per heavy atom. The minimum absolute atomic E-state index is 0.0856. The van der Waals surface area contributed by atoms with Gasteiger partial charge in [0.05, 0.1) is 34.7 Å². The highest BCUT2D eigenvalue weighted by molar-refractivity contribution is 5.63. The first-order chi connectivity index (χ1) is 18.2. The predicted octanol–water partition coefficient (Wildman–Crippen LogP) is 4.23. The molecule has 2 aliphatic carbocycles. The summed E-state index contributed by atoms with van der Waals surface area (Å²) in [6.07, 6.45) is 8.48. The SMILES string of the molecule is C[C@H]1C[C@@H](c2ccncc2Cc2ncc3ccc(-c4c(F)cc(C5(O)CCC5)cc4F)nn23)C[C@@H](N)[C@@H]1O. The van der Waals surface area contributed by atoms with Crippen molar-refractivity contribution >= 4 is 5.52 Å². The molecule has 6 rings (SSSR count). The van der Waals surface area contributed by atoms with Crippen LogP contribution in [0.2, 0.25) is 0 Å². The van der Waals surface area contributed by atoms with Gasteiger partial charge in [-0.25, -0.2) is 18.3 Å². The number of benzene rings is 1. The molecule has 2 saturated carbocycles. The lowest BCUT2D eigenvalue weighted by molar-refractivity contribution is -0.0392. The first-order valence-electron chi connectivity index (χ1n) is 13.2. The lowest BCUT2D eigenvalue weighted by atomic mass is 9.74. The molecule has 0 radical (unpaired) electrons. The Labute approximate surface area is 219 Å². The van der Waals surface area contributed by atoms with Crippen molar-refractivity contribution in [1.82, 2.24) is 19.6 Å². The van der Waals surface area contributed by atoms with Crippen LogP contribution in [-0.2, 0) is 12.0 Å². The van der Waals surface area contributed by atoms with E-state index in [4.69, 9.17) is 5.73 Å². The molecule has 0 spiro atoms. The Bertz CT molecular complexity index is 1470. The van der Waals surface area contributed by atoms with Crippen molar-refractivity contribution in [2.45, 2.75) is 69.1 Å². The molecule has 4 aromatic rings. The monoisotopic (exact) mass is 519 g/mol. The number of nitrogens with two attached hydrogens (primary N) is 1. The topological polar surface area (TPSA) is 110 Å². The van der Waals surface area contributed by atoms with E-state index in [2.05, 4.69) is 15.1 Å². The van der Waals surface area contributed by atoms with Crippen molar-refractivity contribution in [2.24, 2.45) is 11.7 Å². The van der Waals surface area contributed by atoms with Crippen molar-refractivity contribution in [2.75, 3.05) is 0 Å². The zero-order valence-electron chi connectivity index (χ0n) is 21.2. The number of aromatic nitrogens is 4. The zero-order chi connectivity index (χ0) is 26.6. The van der Waals surface area contributed by atoms with Crippen LogP contribution in [0.1, 0.15) is 67.5 Å². The van der Waals surface area contributed by atoms with Gasteiger partial charge >= 0.3 is 0 Å². The summed E-state index contributed by atoms with van der Waals surface area (Å²) >= 11 is 0. The number of aliphatic hydroxyl groups is 2. The van der Waals surface area contributed by atoms with Gasteiger partial charge in [0.2, 0.25) is 0 Å². The summed E-state index contributed by atoms with van der Waals surface area (Å²) in [5.41, 5.74) is 8.04. The van der Waals surface area contributed by atoms with Gasteiger partial charge in [-0.1, -0.05) is 6.92 Å². The summed E-state index contributed by atoms with van der Waals surface area (Å²) in [5, 5.41) is 25.4. The van der Waals surface area contributed by atoms with Crippen LogP contribution in [0.5, 0.6) is 0 Å². The number of imidazole rings is 1. The molecule has 4 N–H and O–H groups in total. The van der Waals surface area contributed by atoms with Crippen LogP contribution in [0, 0.1) is 17.6 Å². The molecule has 38 heavy (non-hydrogen) atoms. The Morgan fingerprint density at radius 2 is 1.87 bits per heavy atom. The summed E-state index contributed by atoms with van der Waals surface area (Å²) in [7, 11) is 0. The van der Waals surface area contributed by atoms with Gasteiger partial charge in [-0.3, -0.25) is 4.98 Å². The lowest BCUT2D eigenvalue weighted by Crippen LogP contribution is -2.44. The highest BCUT2D eigenvalue weighted by Crippen LogP contribution is 2.43. The Kier molecular flexibility index (Phi) is 6.25. The number of aliphatic hydroxyl groups excluding tert-OH is 1. The highest BCUT2D eigenvalue weighted by Gasteiger charge is 2.37. The molecule has 0 unspecified atom stereocenters. The van der Waals surface area contributed by atoms with Crippen molar-refractivity contribution in [3.8, 4) is 11.3 Å². The Balaban J connectivity index is 1.34. The van der Waals surface area contributed by atoms with Gasteiger partial charge in [-0.05, 0) is 91.0 Å². The van der Waals surface area contributed by atoms with E-state index in [9.17, 15) is 10.2 Å². The van der Waals surface area contributed by atoms with Gasteiger partial charge in [0.25, 0.3) is 0 Å².